The molecule has 0 atom stereocenters. The number of ketones is 1. The summed E-state index contributed by atoms with van der Waals surface area (Å²) in [6, 6.07) is 14.6. The van der Waals surface area contributed by atoms with Gasteiger partial charge in [-0.2, -0.15) is 5.10 Å². The van der Waals surface area contributed by atoms with E-state index in [0.29, 0.717) is 12.2 Å². The molecule has 6 nitrogen and oxygen atoms in total. The summed E-state index contributed by atoms with van der Waals surface area (Å²) >= 11 is 0. The van der Waals surface area contributed by atoms with Crippen molar-refractivity contribution in [2.75, 3.05) is 31.1 Å². The van der Waals surface area contributed by atoms with E-state index in [0.717, 1.165) is 55.9 Å². The summed E-state index contributed by atoms with van der Waals surface area (Å²) in [6.45, 7) is 4.14. The fourth-order valence-electron chi connectivity index (χ4n) is 3.71. The smallest absolute Gasteiger partial charge is 0.159 e. The molecular weight excluding hydrogens is 338 g/mol. The molecule has 0 radical (unpaired) electrons. The maximum Gasteiger partial charge on any atom is 0.159 e. The van der Waals surface area contributed by atoms with Crippen LogP contribution in [0.1, 0.15) is 18.7 Å². The molecule has 1 aromatic carbocycles. The molecule has 1 aliphatic heterocycles. The van der Waals surface area contributed by atoms with E-state index in [9.17, 15) is 4.79 Å². The zero-order chi connectivity index (χ0) is 18.2. The Morgan fingerprint density at radius 1 is 1.07 bits per heavy atom. The average molecular weight is 361 g/mol. The first-order valence-corrected chi connectivity index (χ1v) is 9.71. The highest BCUT2D eigenvalue weighted by Gasteiger charge is 2.30. The first-order chi connectivity index (χ1) is 13.3. The quantitative estimate of drug-likeness (QED) is 0.756. The SMILES string of the molecule is O=C(Cc1nc2cccc(-c3ccc(N4CCNCC4)cc3)n2n1)C1CC1. The van der Waals surface area contributed by atoms with E-state index < -0.39 is 0 Å². The van der Waals surface area contributed by atoms with Crippen LogP contribution in [0.25, 0.3) is 16.9 Å². The fraction of sp³-hybridized carbons (Fsp3) is 0.381. The van der Waals surface area contributed by atoms with E-state index in [1.165, 1.54) is 5.69 Å². The van der Waals surface area contributed by atoms with Crippen molar-refractivity contribution in [2.24, 2.45) is 5.92 Å². The molecule has 1 aliphatic carbocycles. The number of carbonyl (C=O) groups is 1. The van der Waals surface area contributed by atoms with Gasteiger partial charge in [-0.05, 0) is 37.1 Å². The lowest BCUT2D eigenvalue weighted by Gasteiger charge is -2.29. The molecule has 27 heavy (non-hydrogen) atoms. The summed E-state index contributed by atoms with van der Waals surface area (Å²) in [7, 11) is 0. The minimum Gasteiger partial charge on any atom is -0.369 e. The van der Waals surface area contributed by atoms with Crippen LogP contribution in [0.3, 0.4) is 0 Å². The zero-order valence-corrected chi connectivity index (χ0v) is 15.3. The molecule has 0 spiro atoms. The summed E-state index contributed by atoms with van der Waals surface area (Å²) in [6.07, 6.45) is 2.39. The number of anilines is 1. The number of hydrogen-bond acceptors (Lipinski definition) is 5. The first kappa shape index (κ1) is 16.4. The topological polar surface area (TPSA) is 62.5 Å². The first-order valence-electron chi connectivity index (χ1n) is 9.71. The lowest BCUT2D eigenvalue weighted by molar-refractivity contribution is -0.119. The van der Waals surface area contributed by atoms with Gasteiger partial charge in [-0.25, -0.2) is 9.50 Å². The maximum absolute atomic E-state index is 12.1. The van der Waals surface area contributed by atoms with Gasteiger partial charge in [-0.15, -0.1) is 0 Å². The monoisotopic (exact) mass is 361 g/mol. The Balaban J connectivity index is 1.43. The molecule has 5 rings (SSSR count). The van der Waals surface area contributed by atoms with Gasteiger partial charge in [-0.3, -0.25) is 4.79 Å². The highest BCUT2D eigenvalue weighted by molar-refractivity contribution is 5.84. The minimum atomic E-state index is 0.244. The molecule has 1 saturated heterocycles. The summed E-state index contributed by atoms with van der Waals surface area (Å²) in [4.78, 5) is 19.1. The number of rotatable bonds is 5. The van der Waals surface area contributed by atoms with Crippen molar-refractivity contribution in [2.45, 2.75) is 19.3 Å². The number of fused-ring (bicyclic) bond motifs is 1. The predicted molar refractivity (Wildman–Crippen MR) is 105 cm³/mol. The summed E-state index contributed by atoms with van der Waals surface area (Å²) < 4.78 is 1.86. The van der Waals surface area contributed by atoms with E-state index in [1.54, 1.807) is 0 Å². The Kier molecular flexibility index (Phi) is 4.13. The van der Waals surface area contributed by atoms with Gasteiger partial charge in [0.15, 0.2) is 11.5 Å². The van der Waals surface area contributed by atoms with Gasteiger partial charge in [-0.1, -0.05) is 18.2 Å². The Labute approximate surface area is 158 Å². The van der Waals surface area contributed by atoms with Crippen LogP contribution in [0.15, 0.2) is 42.5 Å². The molecular formula is C21H23N5O. The van der Waals surface area contributed by atoms with Crippen molar-refractivity contribution in [1.82, 2.24) is 19.9 Å². The van der Waals surface area contributed by atoms with Gasteiger partial charge in [0.25, 0.3) is 0 Å². The maximum atomic E-state index is 12.1. The second-order valence-corrected chi connectivity index (χ2v) is 7.41. The number of piperazine rings is 1. The lowest BCUT2D eigenvalue weighted by Crippen LogP contribution is -2.43. The molecule has 6 heteroatoms. The van der Waals surface area contributed by atoms with E-state index >= 15 is 0 Å². The molecule has 1 N–H and O–H groups in total. The number of hydrogen-bond donors (Lipinski definition) is 1. The zero-order valence-electron chi connectivity index (χ0n) is 15.3. The molecule has 3 aromatic rings. The number of benzene rings is 1. The molecule has 2 aliphatic rings. The molecule has 2 fully saturated rings. The lowest BCUT2D eigenvalue weighted by atomic mass is 10.1. The predicted octanol–water partition coefficient (Wildman–Crippen LogP) is 2.33. The van der Waals surface area contributed by atoms with Gasteiger partial charge < -0.3 is 10.2 Å². The van der Waals surface area contributed by atoms with Crippen LogP contribution < -0.4 is 10.2 Å². The van der Waals surface area contributed by atoms with Crippen LogP contribution in [0, 0.1) is 5.92 Å². The van der Waals surface area contributed by atoms with Gasteiger partial charge in [0, 0.05) is 43.3 Å². The largest absolute Gasteiger partial charge is 0.369 e. The molecule has 0 amide bonds. The Hall–Kier alpha value is -2.73. The van der Waals surface area contributed by atoms with Crippen molar-refractivity contribution >= 4 is 17.1 Å². The van der Waals surface area contributed by atoms with E-state index in [1.807, 2.05) is 22.7 Å². The summed E-state index contributed by atoms with van der Waals surface area (Å²) in [5.41, 5.74) is 4.14. The summed E-state index contributed by atoms with van der Waals surface area (Å²) in [5, 5.41) is 8.00. The molecule has 3 heterocycles. The number of nitrogens with zero attached hydrogens (tertiary/aromatic N) is 4. The second-order valence-electron chi connectivity index (χ2n) is 7.41. The molecule has 138 valence electrons. The number of Topliss-reactive ketones (excluding diaryl/α,β-unsaturated/α-hetero) is 1. The van der Waals surface area contributed by atoms with Gasteiger partial charge >= 0.3 is 0 Å². The van der Waals surface area contributed by atoms with Gasteiger partial charge in [0.1, 0.15) is 5.78 Å². The molecule has 0 unspecified atom stereocenters. The van der Waals surface area contributed by atoms with Crippen LogP contribution in [-0.2, 0) is 11.2 Å². The van der Waals surface area contributed by atoms with E-state index in [4.69, 9.17) is 0 Å². The fourth-order valence-corrected chi connectivity index (χ4v) is 3.71. The molecule has 2 aromatic heterocycles. The van der Waals surface area contributed by atoms with E-state index in [-0.39, 0.29) is 11.7 Å². The summed E-state index contributed by atoms with van der Waals surface area (Å²) in [5.74, 6) is 1.14. The Morgan fingerprint density at radius 3 is 2.59 bits per heavy atom. The standard InChI is InChI=1S/C21H23N5O/c27-19(16-4-5-16)14-20-23-21-3-1-2-18(26(21)24-20)15-6-8-17(9-7-15)25-12-10-22-11-13-25/h1-3,6-9,16,22H,4-5,10-14H2. The third-order valence-electron chi connectivity index (χ3n) is 5.41. The second kappa shape index (κ2) is 6.78. The van der Waals surface area contributed by atoms with Crippen molar-refractivity contribution in [1.29, 1.82) is 0 Å². The van der Waals surface area contributed by atoms with Crippen molar-refractivity contribution in [3.05, 3.63) is 48.3 Å². The minimum absolute atomic E-state index is 0.244. The normalized spacial score (nSPS) is 17.4. The van der Waals surface area contributed by atoms with Crippen LogP contribution in [-0.4, -0.2) is 46.6 Å². The highest BCUT2D eigenvalue weighted by Crippen LogP contribution is 2.31. The van der Waals surface area contributed by atoms with Crippen molar-refractivity contribution in [3.63, 3.8) is 0 Å². The Morgan fingerprint density at radius 2 is 1.85 bits per heavy atom. The number of pyridine rings is 1. The highest BCUT2D eigenvalue weighted by atomic mass is 16.1. The third-order valence-corrected chi connectivity index (χ3v) is 5.41. The van der Waals surface area contributed by atoms with Gasteiger partial charge in [0.2, 0.25) is 0 Å². The van der Waals surface area contributed by atoms with Crippen LogP contribution in [0.4, 0.5) is 5.69 Å². The van der Waals surface area contributed by atoms with Crippen LogP contribution in [0.2, 0.25) is 0 Å². The van der Waals surface area contributed by atoms with Gasteiger partial charge in [0.05, 0.1) is 12.1 Å². The van der Waals surface area contributed by atoms with Crippen LogP contribution in [0.5, 0.6) is 0 Å². The third kappa shape index (κ3) is 3.32. The molecule has 0 bridgehead atoms. The molecule has 1 saturated carbocycles. The average Bonchev–Trinajstić information content (AvgIpc) is 3.49. The number of aromatic nitrogens is 3. The van der Waals surface area contributed by atoms with E-state index in [2.05, 4.69) is 44.6 Å². The Bertz CT molecular complexity index is 968. The van der Waals surface area contributed by atoms with Crippen molar-refractivity contribution in [3.8, 4) is 11.3 Å². The number of carbonyl (C=O) groups excluding carboxylic acids is 1. The number of nitrogens with one attached hydrogen (secondary N) is 1. The van der Waals surface area contributed by atoms with Crippen LogP contribution >= 0.6 is 0 Å². The van der Waals surface area contributed by atoms with Crippen molar-refractivity contribution < 1.29 is 4.79 Å².